The predicted molar refractivity (Wildman–Crippen MR) is 117 cm³/mol. The molecule has 12 heteroatoms. The minimum Gasteiger partial charge on any atom is -0.393 e. The van der Waals surface area contributed by atoms with E-state index >= 15 is 0 Å². The SMILES string of the molecule is COCCCS(=O)(=O)c1ccc(C(=NO[C@@H]2CC[C@@H](O)C2)C(=O)Nc2ncc(F)s2)cc1. The molecule has 0 aliphatic heterocycles. The standard InChI is InChI=1S/C20H24FN3O6S2/c1-29-9-2-10-32(27,28)16-7-3-13(4-8-16)18(24-30-15-6-5-14(25)11-15)19(26)23-20-22-12-17(21)31-20/h3-4,7-8,12,14-15,25H,2,5-6,9-11H2,1H3,(H,22,23,26)/t14-,15-/m1/s1. The minimum absolute atomic E-state index is 0.0498. The Morgan fingerprint density at radius 2 is 2.09 bits per heavy atom. The minimum atomic E-state index is -3.50. The maximum absolute atomic E-state index is 13.2. The molecule has 1 aliphatic carbocycles. The van der Waals surface area contributed by atoms with E-state index < -0.39 is 27.0 Å². The topological polar surface area (TPSA) is 127 Å². The number of nitrogens with one attached hydrogen (secondary N) is 1. The highest BCUT2D eigenvalue weighted by Gasteiger charge is 2.26. The second-order valence-corrected chi connectivity index (χ2v) is 10.3. The number of halogens is 1. The van der Waals surface area contributed by atoms with Crippen LogP contribution in [0.3, 0.4) is 0 Å². The zero-order valence-electron chi connectivity index (χ0n) is 17.4. The number of aromatic nitrogens is 1. The van der Waals surface area contributed by atoms with Crippen LogP contribution in [0.15, 0.2) is 40.5 Å². The summed E-state index contributed by atoms with van der Waals surface area (Å²) in [7, 11) is -2.00. The van der Waals surface area contributed by atoms with Crippen LogP contribution in [0, 0.1) is 5.13 Å². The molecule has 2 N–H and O–H groups in total. The van der Waals surface area contributed by atoms with E-state index in [2.05, 4.69) is 15.5 Å². The van der Waals surface area contributed by atoms with E-state index in [1.165, 1.54) is 31.4 Å². The molecule has 174 valence electrons. The van der Waals surface area contributed by atoms with Crippen molar-refractivity contribution in [3.05, 3.63) is 41.2 Å². The normalized spacial score (nSPS) is 19.2. The molecule has 2 aromatic rings. The second kappa shape index (κ2) is 10.9. The molecule has 1 aromatic carbocycles. The van der Waals surface area contributed by atoms with Crippen LogP contribution in [0.2, 0.25) is 0 Å². The molecule has 0 bridgehead atoms. The number of carbonyl (C=O) groups is 1. The maximum atomic E-state index is 13.2. The van der Waals surface area contributed by atoms with Crippen LogP contribution in [-0.4, -0.2) is 61.8 Å². The average molecular weight is 486 g/mol. The molecule has 1 amide bonds. The number of ether oxygens (including phenoxy) is 1. The highest BCUT2D eigenvalue weighted by Crippen LogP contribution is 2.23. The van der Waals surface area contributed by atoms with Crippen molar-refractivity contribution < 1.29 is 32.3 Å². The van der Waals surface area contributed by atoms with Gasteiger partial charge in [-0.3, -0.25) is 10.1 Å². The lowest BCUT2D eigenvalue weighted by molar-refractivity contribution is -0.110. The summed E-state index contributed by atoms with van der Waals surface area (Å²) in [6.45, 7) is 0.332. The third kappa shape index (κ3) is 6.55. The summed E-state index contributed by atoms with van der Waals surface area (Å²) in [4.78, 5) is 22.1. The quantitative estimate of drug-likeness (QED) is 0.300. The Morgan fingerprint density at radius 3 is 2.69 bits per heavy atom. The number of oxime groups is 1. The number of nitrogens with zero attached hydrogens (tertiary/aromatic N) is 2. The van der Waals surface area contributed by atoms with E-state index in [0.717, 1.165) is 6.20 Å². The van der Waals surface area contributed by atoms with Gasteiger partial charge in [0.15, 0.2) is 25.8 Å². The van der Waals surface area contributed by atoms with Gasteiger partial charge in [-0.25, -0.2) is 13.4 Å². The number of thiazole rings is 1. The lowest BCUT2D eigenvalue weighted by atomic mass is 10.1. The third-order valence-corrected chi connectivity index (χ3v) is 7.33. The molecular weight excluding hydrogens is 461 g/mol. The van der Waals surface area contributed by atoms with Crippen molar-refractivity contribution in [1.29, 1.82) is 0 Å². The van der Waals surface area contributed by atoms with Crippen molar-refractivity contribution in [2.75, 3.05) is 24.8 Å². The highest BCUT2D eigenvalue weighted by atomic mass is 32.2. The Kier molecular flexibility index (Phi) is 8.29. The Morgan fingerprint density at radius 1 is 1.34 bits per heavy atom. The molecule has 1 aliphatic rings. The van der Waals surface area contributed by atoms with Gasteiger partial charge < -0.3 is 14.7 Å². The summed E-state index contributed by atoms with van der Waals surface area (Å²) < 4.78 is 43.0. The second-order valence-electron chi connectivity index (χ2n) is 7.25. The zero-order valence-corrected chi connectivity index (χ0v) is 19.0. The largest absolute Gasteiger partial charge is 0.393 e. The van der Waals surface area contributed by atoms with Crippen LogP contribution in [0.5, 0.6) is 0 Å². The first-order valence-electron chi connectivity index (χ1n) is 9.95. The van der Waals surface area contributed by atoms with Crippen LogP contribution in [0.1, 0.15) is 31.2 Å². The molecule has 1 saturated carbocycles. The van der Waals surface area contributed by atoms with Gasteiger partial charge in [-0.15, -0.1) is 0 Å². The summed E-state index contributed by atoms with van der Waals surface area (Å²) in [6, 6.07) is 5.69. The summed E-state index contributed by atoms with van der Waals surface area (Å²) in [5, 5.41) is 15.6. The third-order valence-electron chi connectivity index (χ3n) is 4.81. The number of benzene rings is 1. The molecule has 3 rings (SSSR count). The Labute approximate surface area is 189 Å². The van der Waals surface area contributed by atoms with Crippen molar-refractivity contribution in [1.82, 2.24) is 4.98 Å². The Hall–Kier alpha value is -2.41. The van der Waals surface area contributed by atoms with Gasteiger partial charge in [-0.2, -0.15) is 4.39 Å². The van der Waals surface area contributed by atoms with Gasteiger partial charge in [-0.05, 0) is 31.4 Å². The molecule has 0 spiro atoms. The van der Waals surface area contributed by atoms with E-state index in [1.807, 2.05) is 0 Å². The van der Waals surface area contributed by atoms with Gasteiger partial charge in [0.25, 0.3) is 5.91 Å². The van der Waals surface area contributed by atoms with E-state index in [-0.39, 0.29) is 27.6 Å². The van der Waals surface area contributed by atoms with E-state index in [0.29, 0.717) is 49.2 Å². The van der Waals surface area contributed by atoms with E-state index in [4.69, 9.17) is 9.57 Å². The fourth-order valence-corrected chi connectivity index (χ4v) is 4.99. The van der Waals surface area contributed by atoms with Crippen LogP contribution in [-0.2, 0) is 24.2 Å². The van der Waals surface area contributed by atoms with Crippen LogP contribution < -0.4 is 5.32 Å². The number of carbonyl (C=O) groups excluding carboxylic acids is 1. The number of methoxy groups -OCH3 is 1. The van der Waals surface area contributed by atoms with Crippen molar-refractivity contribution in [3.63, 3.8) is 0 Å². The summed E-state index contributed by atoms with van der Waals surface area (Å²) in [5.41, 5.74) is 0.194. The highest BCUT2D eigenvalue weighted by molar-refractivity contribution is 7.91. The number of hydrogen-bond donors (Lipinski definition) is 2. The van der Waals surface area contributed by atoms with Crippen molar-refractivity contribution in [2.24, 2.45) is 5.16 Å². The molecule has 0 radical (unpaired) electrons. The molecule has 32 heavy (non-hydrogen) atoms. The van der Waals surface area contributed by atoms with Crippen molar-refractivity contribution in [2.45, 2.75) is 42.8 Å². The Bertz CT molecular complexity index is 1060. The molecule has 1 fully saturated rings. The predicted octanol–water partition coefficient (Wildman–Crippen LogP) is 2.37. The number of hydrogen-bond acceptors (Lipinski definition) is 9. The van der Waals surface area contributed by atoms with Crippen molar-refractivity contribution >= 4 is 37.9 Å². The van der Waals surface area contributed by atoms with Crippen LogP contribution >= 0.6 is 11.3 Å². The van der Waals surface area contributed by atoms with Gasteiger partial charge >= 0.3 is 0 Å². The monoisotopic (exact) mass is 485 g/mol. The molecule has 0 unspecified atom stereocenters. The number of sulfone groups is 1. The summed E-state index contributed by atoms with van der Waals surface area (Å²) in [6.07, 6.45) is 2.09. The molecule has 1 heterocycles. The van der Waals surface area contributed by atoms with E-state index in [9.17, 15) is 22.7 Å². The number of rotatable bonds is 10. The fraction of sp³-hybridized carbons (Fsp3) is 0.450. The number of aliphatic hydroxyl groups excluding tert-OH is 1. The van der Waals surface area contributed by atoms with E-state index in [1.54, 1.807) is 0 Å². The fourth-order valence-electron chi connectivity index (χ4n) is 3.17. The van der Waals surface area contributed by atoms with Gasteiger partial charge in [0.2, 0.25) is 0 Å². The first kappa shape index (κ1) is 24.2. The average Bonchev–Trinajstić information content (AvgIpc) is 3.36. The molecule has 9 nitrogen and oxygen atoms in total. The first-order chi connectivity index (χ1) is 15.3. The van der Waals surface area contributed by atoms with Gasteiger partial charge in [0.1, 0.15) is 6.10 Å². The zero-order chi connectivity index (χ0) is 23.1. The molecule has 2 atom stereocenters. The lowest BCUT2D eigenvalue weighted by Crippen LogP contribution is -2.25. The lowest BCUT2D eigenvalue weighted by Gasteiger charge is -2.11. The van der Waals surface area contributed by atoms with Gasteiger partial charge in [0.05, 0.1) is 22.9 Å². The summed E-state index contributed by atoms with van der Waals surface area (Å²) >= 11 is 0.659. The van der Waals surface area contributed by atoms with Crippen molar-refractivity contribution in [3.8, 4) is 0 Å². The van der Waals surface area contributed by atoms with Gasteiger partial charge in [-0.1, -0.05) is 28.6 Å². The molecule has 1 aromatic heterocycles. The smallest absolute Gasteiger partial charge is 0.280 e. The Balaban J connectivity index is 1.81. The van der Waals surface area contributed by atoms with Crippen LogP contribution in [0.25, 0.3) is 0 Å². The number of amides is 1. The summed E-state index contributed by atoms with van der Waals surface area (Å²) in [5.74, 6) is -0.752. The first-order valence-corrected chi connectivity index (χ1v) is 12.4. The maximum Gasteiger partial charge on any atom is 0.280 e. The number of aliphatic hydroxyl groups is 1. The molecular formula is C20H24FN3O6S2. The van der Waals surface area contributed by atoms with Gasteiger partial charge in [0, 0.05) is 25.7 Å². The number of anilines is 1. The molecule has 0 saturated heterocycles. The van der Waals surface area contributed by atoms with Crippen LogP contribution in [0.4, 0.5) is 9.52 Å².